The minimum atomic E-state index is -0.0739. The summed E-state index contributed by atoms with van der Waals surface area (Å²) in [5.41, 5.74) is 6.33. The fraction of sp³-hybridized carbons (Fsp3) is 0.154. The number of unbranched alkanes of at least 4 members (excludes halogenated alkanes) is 2. The normalized spacial score (nSPS) is 13.0. The number of hydrogen-bond donors (Lipinski definition) is 0. The van der Waals surface area contributed by atoms with Gasteiger partial charge in [0.2, 0.25) is 0 Å². The SMILES string of the molecule is CCCCc1cc2c(=O)cc3c4ccc5c6ccc7c8c(ccc(c9ccc(c4c59)c4cc(=O)c(c1)c2n34)c68)c1cc(=O)c2cc(CCCC)cc3c(=O)cc7n1c32. The van der Waals surface area contributed by atoms with Crippen molar-refractivity contribution in [2.75, 3.05) is 0 Å². The molecule has 6 aromatic heterocycles. The van der Waals surface area contributed by atoms with E-state index in [0.717, 1.165) is 136 Å². The van der Waals surface area contributed by atoms with Crippen LogP contribution in [-0.2, 0) is 12.8 Å². The molecule has 0 N–H and O–H groups in total. The molecule has 0 saturated carbocycles. The summed E-state index contributed by atoms with van der Waals surface area (Å²) < 4.78 is 4.27. The maximum absolute atomic E-state index is 14.0. The van der Waals surface area contributed by atoms with Crippen molar-refractivity contribution >= 4 is 119 Å². The first-order valence-electron chi connectivity index (χ1n) is 20.5. The summed E-state index contributed by atoms with van der Waals surface area (Å²) in [5, 5.41) is 14.8. The lowest BCUT2D eigenvalue weighted by Crippen LogP contribution is -2.14. The number of aryl methyl sites for hydroxylation is 2. The van der Waals surface area contributed by atoms with Crippen molar-refractivity contribution in [3.8, 4) is 0 Å². The standard InChI is InChI=1S/C52H34N2O4/c1-3-5-7-25-17-35-43(55)21-39-31-13-9-27-29-11-15-33-41-23-45(57)37-19-26(8-6-4-2)20-38-46(58)24-42(54(41)52(37)38)34-16-12-30(48(29)50(33)34)28-10-14-32(49(31)47(27)28)40-22-44(56)36(18-25)51(35)53(39)40/h9-24H,3-8H2,1-2H3. The summed E-state index contributed by atoms with van der Waals surface area (Å²) in [5.74, 6) is 0. The van der Waals surface area contributed by atoms with E-state index in [9.17, 15) is 19.2 Å². The van der Waals surface area contributed by atoms with Gasteiger partial charge in [-0.3, -0.25) is 19.2 Å². The molecule has 6 heterocycles. The number of aromatic nitrogens is 2. The van der Waals surface area contributed by atoms with E-state index in [1.807, 2.05) is 24.3 Å². The van der Waals surface area contributed by atoms with Gasteiger partial charge in [-0.25, -0.2) is 0 Å². The lowest BCUT2D eigenvalue weighted by atomic mass is 9.85. The number of pyridine rings is 6. The second-order valence-electron chi connectivity index (χ2n) is 16.7. The zero-order valence-corrected chi connectivity index (χ0v) is 32.0. The highest BCUT2D eigenvalue weighted by Crippen LogP contribution is 2.48. The highest BCUT2D eigenvalue weighted by Gasteiger charge is 2.25. The zero-order valence-electron chi connectivity index (χ0n) is 32.0. The smallest absolute Gasteiger partial charge is 0.190 e. The average Bonchev–Trinajstić information content (AvgIpc) is 3.24. The fourth-order valence-corrected chi connectivity index (χ4v) is 11.0. The Bertz CT molecular complexity index is 3680. The quantitative estimate of drug-likeness (QED) is 0.125. The Hall–Kier alpha value is -6.92. The average molecular weight is 751 g/mol. The molecule has 0 bridgehead atoms. The monoisotopic (exact) mass is 750 g/mol. The summed E-state index contributed by atoms with van der Waals surface area (Å²) in [6.07, 6.45) is 5.71. The van der Waals surface area contributed by atoms with E-state index < -0.39 is 0 Å². The topological polar surface area (TPSA) is 77.1 Å². The van der Waals surface area contributed by atoms with Crippen molar-refractivity contribution in [3.05, 3.63) is 149 Å². The molecule has 0 aliphatic rings. The van der Waals surface area contributed by atoms with Crippen molar-refractivity contribution < 1.29 is 0 Å². The van der Waals surface area contributed by atoms with E-state index in [1.165, 1.54) is 0 Å². The van der Waals surface area contributed by atoms with Gasteiger partial charge in [0, 0.05) is 78.1 Å². The van der Waals surface area contributed by atoms with E-state index in [1.54, 1.807) is 24.3 Å². The van der Waals surface area contributed by atoms with E-state index >= 15 is 0 Å². The van der Waals surface area contributed by atoms with Crippen LogP contribution in [0.4, 0.5) is 0 Å². The summed E-state index contributed by atoms with van der Waals surface area (Å²) in [4.78, 5) is 56.0. The Morgan fingerprint density at radius 1 is 0.345 bits per heavy atom. The minimum Gasteiger partial charge on any atom is -0.307 e. The molecule has 6 heteroatoms. The highest BCUT2D eigenvalue weighted by atomic mass is 16.1. The van der Waals surface area contributed by atoms with Crippen molar-refractivity contribution in [1.82, 2.24) is 8.80 Å². The molecule has 7 aromatic carbocycles. The van der Waals surface area contributed by atoms with Gasteiger partial charge in [0.15, 0.2) is 21.7 Å². The van der Waals surface area contributed by atoms with Crippen LogP contribution < -0.4 is 21.7 Å². The van der Waals surface area contributed by atoms with Crippen LogP contribution in [0.3, 0.4) is 0 Å². The van der Waals surface area contributed by atoms with E-state index in [-0.39, 0.29) is 21.7 Å². The van der Waals surface area contributed by atoms with E-state index in [4.69, 9.17) is 0 Å². The third kappa shape index (κ3) is 3.79. The highest BCUT2D eigenvalue weighted by molar-refractivity contribution is 6.42. The predicted molar refractivity (Wildman–Crippen MR) is 242 cm³/mol. The van der Waals surface area contributed by atoms with E-state index in [2.05, 4.69) is 71.2 Å². The van der Waals surface area contributed by atoms with Gasteiger partial charge in [-0.2, -0.15) is 0 Å². The molecule has 0 spiro atoms. The largest absolute Gasteiger partial charge is 0.307 e. The van der Waals surface area contributed by atoms with Crippen molar-refractivity contribution in [1.29, 1.82) is 0 Å². The van der Waals surface area contributed by atoms with Crippen LogP contribution in [0.15, 0.2) is 116 Å². The molecule has 13 rings (SSSR count). The van der Waals surface area contributed by atoms with Gasteiger partial charge in [-0.05, 0) is 93.4 Å². The maximum atomic E-state index is 14.0. The zero-order chi connectivity index (χ0) is 38.9. The minimum absolute atomic E-state index is 0.0739. The van der Waals surface area contributed by atoms with Gasteiger partial charge in [0.05, 0.1) is 33.1 Å². The number of rotatable bonds is 6. The fourth-order valence-electron chi connectivity index (χ4n) is 11.0. The predicted octanol–water partition coefficient (Wildman–Crippen LogP) is 11.0. The summed E-state index contributed by atoms with van der Waals surface area (Å²) in [6, 6.07) is 32.3. The van der Waals surface area contributed by atoms with Gasteiger partial charge in [-0.1, -0.05) is 75.2 Å². The third-order valence-corrected chi connectivity index (χ3v) is 13.5. The second-order valence-corrected chi connectivity index (χ2v) is 16.7. The number of hydrogen-bond acceptors (Lipinski definition) is 4. The van der Waals surface area contributed by atoms with E-state index in [0.29, 0.717) is 32.6 Å². The molecule has 0 radical (unpaired) electrons. The van der Waals surface area contributed by atoms with Gasteiger partial charge in [0.25, 0.3) is 0 Å². The lowest BCUT2D eigenvalue weighted by Gasteiger charge is -2.23. The molecular formula is C52H34N2O4. The second kappa shape index (κ2) is 10.9. The van der Waals surface area contributed by atoms with Crippen LogP contribution in [0.5, 0.6) is 0 Å². The Morgan fingerprint density at radius 3 is 0.879 bits per heavy atom. The first-order valence-corrected chi connectivity index (χ1v) is 20.5. The third-order valence-electron chi connectivity index (χ3n) is 13.5. The lowest BCUT2D eigenvalue weighted by molar-refractivity contribution is 0.796. The number of nitrogens with zero attached hydrogens (tertiary/aromatic N) is 2. The molecule has 0 saturated heterocycles. The van der Waals surface area contributed by atoms with Crippen LogP contribution in [0.2, 0.25) is 0 Å². The summed E-state index contributed by atoms with van der Waals surface area (Å²) in [6.45, 7) is 4.29. The Morgan fingerprint density at radius 2 is 0.603 bits per heavy atom. The maximum Gasteiger partial charge on any atom is 0.190 e. The van der Waals surface area contributed by atoms with Gasteiger partial charge in [-0.15, -0.1) is 0 Å². The number of fused-ring (bicyclic) bond motifs is 6. The van der Waals surface area contributed by atoms with Crippen LogP contribution in [-0.4, -0.2) is 8.80 Å². The molecular weight excluding hydrogens is 717 g/mol. The Kier molecular flexibility index (Phi) is 6.06. The molecule has 13 aromatic rings. The van der Waals surface area contributed by atoms with Crippen LogP contribution >= 0.6 is 0 Å². The van der Waals surface area contributed by atoms with Crippen molar-refractivity contribution in [2.24, 2.45) is 0 Å². The Balaban J connectivity index is 1.17. The van der Waals surface area contributed by atoms with Crippen LogP contribution in [0.1, 0.15) is 50.7 Å². The molecule has 0 aliphatic carbocycles. The first kappa shape index (κ1) is 32.2. The first-order chi connectivity index (χ1) is 28.3. The molecule has 276 valence electrons. The summed E-state index contributed by atoms with van der Waals surface area (Å²) >= 11 is 0. The van der Waals surface area contributed by atoms with Gasteiger partial charge < -0.3 is 8.80 Å². The Labute approximate surface area is 328 Å². The molecule has 6 nitrogen and oxygen atoms in total. The van der Waals surface area contributed by atoms with Crippen LogP contribution in [0, 0.1) is 0 Å². The van der Waals surface area contributed by atoms with Crippen LogP contribution in [0.25, 0.3) is 119 Å². The van der Waals surface area contributed by atoms with Gasteiger partial charge in [0.1, 0.15) is 0 Å². The van der Waals surface area contributed by atoms with Crippen molar-refractivity contribution in [3.63, 3.8) is 0 Å². The molecule has 0 unspecified atom stereocenters. The van der Waals surface area contributed by atoms with Crippen molar-refractivity contribution in [2.45, 2.75) is 52.4 Å². The molecule has 0 fully saturated rings. The molecule has 0 aliphatic heterocycles. The summed E-state index contributed by atoms with van der Waals surface area (Å²) in [7, 11) is 0. The number of benzene rings is 7. The molecule has 0 atom stereocenters. The molecule has 0 amide bonds. The molecule has 58 heavy (non-hydrogen) atoms. The van der Waals surface area contributed by atoms with Gasteiger partial charge >= 0.3 is 0 Å².